The first kappa shape index (κ1) is 16.1. The van der Waals surface area contributed by atoms with Gasteiger partial charge in [-0.25, -0.2) is 4.79 Å². The van der Waals surface area contributed by atoms with Gasteiger partial charge in [0.15, 0.2) is 0 Å². The number of rotatable bonds is 1. The Balaban J connectivity index is 1.81. The summed E-state index contributed by atoms with van der Waals surface area (Å²) >= 11 is 1.78. The molecule has 0 saturated carbocycles. The maximum atomic E-state index is 12.3. The number of nitrogens with zero attached hydrogens (tertiary/aromatic N) is 1. The zero-order chi connectivity index (χ0) is 16.4. The second kappa shape index (κ2) is 6.36. The van der Waals surface area contributed by atoms with Crippen molar-refractivity contribution in [1.82, 2.24) is 4.90 Å². The molecule has 1 amide bonds. The summed E-state index contributed by atoms with van der Waals surface area (Å²) in [5.74, 6) is 0. The van der Waals surface area contributed by atoms with Crippen LogP contribution in [-0.2, 0) is 4.74 Å². The summed E-state index contributed by atoms with van der Waals surface area (Å²) in [6.45, 7) is 7.08. The molecule has 0 bridgehead atoms. The summed E-state index contributed by atoms with van der Waals surface area (Å²) in [6, 6.07) is 8.61. The highest BCUT2D eigenvalue weighted by Gasteiger charge is 2.23. The minimum absolute atomic E-state index is 0.218. The van der Waals surface area contributed by atoms with E-state index in [4.69, 9.17) is 4.74 Å². The largest absolute Gasteiger partial charge is 0.444 e. The molecule has 0 atom stereocenters. The summed E-state index contributed by atoms with van der Waals surface area (Å²) in [7, 11) is 0. The Morgan fingerprint density at radius 2 is 2.09 bits per heavy atom. The van der Waals surface area contributed by atoms with Crippen LogP contribution in [0.2, 0.25) is 0 Å². The fourth-order valence-corrected chi connectivity index (χ4v) is 3.81. The van der Waals surface area contributed by atoms with E-state index in [0.717, 1.165) is 19.4 Å². The van der Waals surface area contributed by atoms with Crippen LogP contribution in [-0.4, -0.2) is 29.7 Å². The molecule has 0 spiro atoms. The highest BCUT2D eigenvalue weighted by atomic mass is 32.1. The third kappa shape index (κ3) is 3.75. The Morgan fingerprint density at radius 1 is 1.26 bits per heavy atom. The van der Waals surface area contributed by atoms with Gasteiger partial charge in [-0.3, -0.25) is 0 Å². The van der Waals surface area contributed by atoms with E-state index in [1.54, 1.807) is 16.2 Å². The van der Waals surface area contributed by atoms with Gasteiger partial charge in [0, 0.05) is 17.8 Å². The maximum Gasteiger partial charge on any atom is 0.410 e. The average molecular weight is 329 g/mol. The molecule has 2 heterocycles. The van der Waals surface area contributed by atoms with Crippen LogP contribution >= 0.6 is 11.3 Å². The van der Waals surface area contributed by atoms with E-state index in [2.05, 4.69) is 35.7 Å². The van der Waals surface area contributed by atoms with Crippen LogP contribution in [0.25, 0.3) is 15.7 Å². The Bertz CT molecular complexity index is 739. The number of carbonyl (C=O) groups is 1. The van der Waals surface area contributed by atoms with Crippen molar-refractivity contribution in [2.24, 2.45) is 0 Å². The summed E-state index contributed by atoms with van der Waals surface area (Å²) in [5.41, 5.74) is 2.20. The number of allylic oxidation sites excluding steroid dienone is 1. The van der Waals surface area contributed by atoms with Crippen molar-refractivity contribution in [1.29, 1.82) is 0 Å². The molecular weight excluding hydrogens is 306 g/mol. The predicted molar refractivity (Wildman–Crippen MR) is 96.8 cm³/mol. The fraction of sp³-hybridized carbons (Fsp3) is 0.421. The molecule has 23 heavy (non-hydrogen) atoms. The number of ether oxygens (including phenoxy) is 1. The number of hydrogen-bond acceptors (Lipinski definition) is 3. The van der Waals surface area contributed by atoms with Gasteiger partial charge in [-0.15, -0.1) is 11.3 Å². The van der Waals surface area contributed by atoms with Crippen LogP contribution in [0.4, 0.5) is 4.79 Å². The van der Waals surface area contributed by atoms with E-state index in [9.17, 15) is 4.79 Å². The second-order valence-corrected chi connectivity index (χ2v) is 7.82. The molecular formula is C19H23NO2S. The minimum atomic E-state index is -0.446. The van der Waals surface area contributed by atoms with Gasteiger partial charge in [0.1, 0.15) is 5.60 Å². The normalized spacial score (nSPS) is 16.1. The summed E-state index contributed by atoms with van der Waals surface area (Å²) < 4.78 is 6.83. The molecule has 0 unspecified atom stereocenters. The molecule has 3 nitrogen and oxygen atoms in total. The van der Waals surface area contributed by atoms with Crippen molar-refractivity contribution < 1.29 is 9.53 Å². The Labute approximate surface area is 141 Å². The maximum absolute atomic E-state index is 12.3. The summed E-state index contributed by atoms with van der Waals surface area (Å²) in [4.78, 5) is 14.1. The summed E-state index contributed by atoms with van der Waals surface area (Å²) in [6.07, 6.45) is 3.93. The molecule has 1 aromatic heterocycles. The zero-order valence-electron chi connectivity index (χ0n) is 14.0. The van der Waals surface area contributed by atoms with Crippen LogP contribution < -0.4 is 0 Å². The molecule has 122 valence electrons. The van der Waals surface area contributed by atoms with Gasteiger partial charge in [-0.2, -0.15) is 0 Å². The molecule has 1 aliphatic rings. The Hall–Kier alpha value is -1.81. The van der Waals surface area contributed by atoms with E-state index in [1.165, 1.54) is 21.2 Å². The van der Waals surface area contributed by atoms with Crippen LogP contribution in [0.3, 0.4) is 0 Å². The number of hydrogen-bond donors (Lipinski definition) is 0. The van der Waals surface area contributed by atoms with Gasteiger partial charge in [-0.1, -0.05) is 24.3 Å². The average Bonchev–Trinajstić information content (AvgIpc) is 2.81. The topological polar surface area (TPSA) is 29.5 Å². The van der Waals surface area contributed by atoms with Crippen molar-refractivity contribution >= 4 is 33.1 Å². The smallest absolute Gasteiger partial charge is 0.410 e. The molecule has 2 aromatic rings. The first-order valence-electron chi connectivity index (χ1n) is 8.07. The van der Waals surface area contributed by atoms with Crippen LogP contribution in [0.15, 0.2) is 35.7 Å². The molecule has 0 fully saturated rings. The van der Waals surface area contributed by atoms with Crippen LogP contribution in [0, 0.1) is 0 Å². The molecule has 4 heteroatoms. The third-order valence-electron chi connectivity index (χ3n) is 3.91. The van der Waals surface area contributed by atoms with Gasteiger partial charge in [0.05, 0.1) is 0 Å². The molecule has 0 aliphatic carbocycles. The van der Waals surface area contributed by atoms with E-state index in [1.807, 2.05) is 20.8 Å². The van der Waals surface area contributed by atoms with Gasteiger partial charge in [-0.05, 0) is 61.6 Å². The SMILES string of the molecule is CC(C)(C)OC(=O)N1CC=C(c2cccc3ccsc23)CCC1. The minimum Gasteiger partial charge on any atom is -0.444 e. The molecule has 0 N–H and O–H groups in total. The predicted octanol–water partition coefficient (Wildman–Crippen LogP) is 5.32. The van der Waals surface area contributed by atoms with Gasteiger partial charge in [0.25, 0.3) is 0 Å². The summed E-state index contributed by atoms with van der Waals surface area (Å²) in [5, 5.41) is 3.43. The first-order valence-corrected chi connectivity index (χ1v) is 8.95. The van der Waals surface area contributed by atoms with Crippen LogP contribution in [0.5, 0.6) is 0 Å². The fourth-order valence-electron chi connectivity index (χ4n) is 2.86. The van der Waals surface area contributed by atoms with Crippen molar-refractivity contribution in [2.45, 2.75) is 39.2 Å². The van der Waals surface area contributed by atoms with E-state index in [-0.39, 0.29) is 6.09 Å². The van der Waals surface area contributed by atoms with Crippen molar-refractivity contribution in [2.75, 3.05) is 13.1 Å². The van der Waals surface area contributed by atoms with E-state index < -0.39 is 5.60 Å². The molecule has 1 aromatic carbocycles. The van der Waals surface area contributed by atoms with Crippen LogP contribution in [0.1, 0.15) is 39.2 Å². The molecule has 0 radical (unpaired) electrons. The van der Waals surface area contributed by atoms with E-state index in [0.29, 0.717) is 6.54 Å². The number of carbonyl (C=O) groups excluding carboxylic acids is 1. The number of fused-ring (bicyclic) bond motifs is 1. The zero-order valence-corrected chi connectivity index (χ0v) is 14.8. The standard InChI is InChI=1S/C19H23NO2S/c1-19(2,3)22-18(21)20-11-5-7-14(9-12-20)16-8-4-6-15-10-13-23-17(15)16/h4,6,8-10,13H,5,7,11-12H2,1-3H3. The van der Waals surface area contributed by atoms with Gasteiger partial charge in [0.2, 0.25) is 0 Å². The third-order valence-corrected chi connectivity index (χ3v) is 4.87. The van der Waals surface area contributed by atoms with Crippen molar-refractivity contribution in [3.63, 3.8) is 0 Å². The lowest BCUT2D eigenvalue weighted by Crippen LogP contribution is -2.37. The lowest BCUT2D eigenvalue weighted by Gasteiger charge is -2.25. The number of benzene rings is 1. The second-order valence-electron chi connectivity index (χ2n) is 6.90. The first-order chi connectivity index (χ1) is 10.9. The quantitative estimate of drug-likeness (QED) is 0.709. The number of thiophene rings is 1. The molecule has 0 saturated heterocycles. The highest BCUT2D eigenvalue weighted by Crippen LogP contribution is 2.32. The molecule has 3 rings (SSSR count). The van der Waals surface area contributed by atoms with E-state index >= 15 is 0 Å². The van der Waals surface area contributed by atoms with Crippen molar-refractivity contribution in [3.8, 4) is 0 Å². The monoisotopic (exact) mass is 329 g/mol. The Morgan fingerprint density at radius 3 is 2.87 bits per heavy atom. The molecule has 1 aliphatic heterocycles. The number of amides is 1. The highest BCUT2D eigenvalue weighted by molar-refractivity contribution is 7.17. The Kier molecular flexibility index (Phi) is 4.44. The van der Waals surface area contributed by atoms with Crippen molar-refractivity contribution in [3.05, 3.63) is 41.3 Å². The van der Waals surface area contributed by atoms with Gasteiger partial charge < -0.3 is 9.64 Å². The lowest BCUT2D eigenvalue weighted by atomic mass is 10.0. The lowest BCUT2D eigenvalue weighted by molar-refractivity contribution is 0.0273. The van der Waals surface area contributed by atoms with Gasteiger partial charge >= 0.3 is 6.09 Å².